The lowest BCUT2D eigenvalue weighted by Crippen LogP contribution is -2.18. The van der Waals surface area contributed by atoms with Crippen LogP contribution in [0, 0.1) is 5.92 Å². The molecular weight excluding hydrogens is 430 g/mol. The molecule has 0 fully saturated rings. The van der Waals surface area contributed by atoms with E-state index in [1.165, 1.54) is 5.57 Å². The third-order valence-corrected chi connectivity index (χ3v) is 6.77. The van der Waals surface area contributed by atoms with Gasteiger partial charge in [0.15, 0.2) is 0 Å². The van der Waals surface area contributed by atoms with Crippen molar-refractivity contribution in [2.24, 2.45) is 5.92 Å². The van der Waals surface area contributed by atoms with Crippen molar-refractivity contribution in [3.63, 3.8) is 0 Å². The predicted molar refractivity (Wildman–Crippen MR) is 136 cm³/mol. The predicted octanol–water partition coefficient (Wildman–Crippen LogP) is 6.54. The van der Waals surface area contributed by atoms with Gasteiger partial charge in [-0.15, -0.1) is 0 Å². The molecule has 3 aliphatic rings. The van der Waals surface area contributed by atoms with E-state index >= 15 is 0 Å². The summed E-state index contributed by atoms with van der Waals surface area (Å²) in [4.78, 5) is 4.52. The van der Waals surface area contributed by atoms with Crippen LogP contribution in [0.25, 0.3) is 5.70 Å². The lowest BCUT2D eigenvalue weighted by atomic mass is 9.96. The molecule has 2 atom stereocenters. The first kappa shape index (κ1) is 21.8. The molecule has 0 radical (unpaired) electrons. The molecule has 1 aromatic carbocycles. The highest BCUT2D eigenvalue weighted by Gasteiger charge is 2.22. The van der Waals surface area contributed by atoms with Crippen LogP contribution in [-0.4, -0.2) is 18.1 Å². The van der Waals surface area contributed by atoms with Crippen molar-refractivity contribution in [1.82, 2.24) is 10.3 Å². The topological polar surface area (TPSA) is 46.2 Å². The Kier molecular flexibility index (Phi) is 6.54. The molecule has 3 heterocycles. The summed E-state index contributed by atoms with van der Waals surface area (Å²) in [5.74, 6) is 1.39. The monoisotopic (exact) mass is 459 g/mol. The molecule has 2 aromatic rings. The number of hydrogen-bond donors (Lipinski definition) is 2. The molecule has 5 heteroatoms. The maximum atomic E-state index is 6.57. The molecule has 2 unspecified atom stereocenters. The van der Waals surface area contributed by atoms with Crippen molar-refractivity contribution in [2.75, 3.05) is 18.4 Å². The second-order valence-corrected chi connectivity index (χ2v) is 9.39. The summed E-state index contributed by atoms with van der Waals surface area (Å²) in [6.07, 6.45) is 16.7. The lowest BCUT2D eigenvalue weighted by Gasteiger charge is -2.23. The number of ether oxygens (including phenoxy) is 1. The van der Waals surface area contributed by atoms with Crippen LogP contribution in [0.1, 0.15) is 49.1 Å². The van der Waals surface area contributed by atoms with Gasteiger partial charge in [-0.1, -0.05) is 41.5 Å². The van der Waals surface area contributed by atoms with Gasteiger partial charge in [0.25, 0.3) is 0 Å². The molecule has 170 valence electrons. The molecule has 0 amide bonds. The van der Waals surface area contributed by atoms with E-state index in [2.05, 4.69) is 59.0 Å². The summed E-state index contributed by atoms with van der Waals surface area (Å²) >= 11 is 6.57. The van der Waals surface area contributed by atoms with Gasteiger partial charge in [-0.2, -0.15) is 0 Å². The maximum Gasteiger partial charge on any atom is 0.141 e. The molecule has 5 rings (SSSR count). The average molecular weight is 460 g/mol. The lowest BCUT2D eigenvalue weighted by molar-refractivity contribution is 0.199. The summed E-state index contributed by atoms with van der Waals surface area (Å²) in [6, 6.07) is 10.6. The number of fused-ring (bicyclic) bond motifs is 1. The van der Waals surface area contributed by atoms with Crippen molar-refractivity contribution in [3.05, 3.63) is 94.3 Å². The maximum absolute atomic E-state index is 6.57. The Labute approximate surface area is 201 Å². The Hall–Kier alpha value is -2.98. The fraction of sp³-hybridized carbons (Fsp3) is 0.321. The normalized spacial score (nSPS) is 22.1. The van der Waals surface area contributed by atoms with Crippen LogP contribution >= 0.6 is 11.6 Å². The van der Waals surface area contributed by atoms with Gasteiger partial charge in [-0.3, -0.25) is 4.98 Å². The van der Waals surface area contributed by atoms with E-state index in [-0.39, 0.29) is 6.10 Å². The summed E-state index contributed by atoms with van der Waals surface area (Å²) in [5, 5.41) is 7.85. The number of pyridine rings is 1. The molecule has 4 nitrogen and oxygen atoms in total. The molecule has 2 aliphatic heterocycles. The van der Waals surface area contributed by atoms with Crippen LogP contribution in [0.3, 0.4) is 0 Å². The molecular formula is C28H30ClN3O. The van der Waals surface area contributed by atoms with Crippen LogP contribution in [0.4, 0.5) is 5.69 Å². The first-order valence-electron chi connectivity index (χ1n) is 11.8. The average Bonchev–Trinajstić information content (AvgIpc) is 3.06. The zero-order valence-electron chi connectivity index (χ0n) is 19.0. The van der Waals surface area contributed by atoms with Crippen molar-refractivity contribution in [2.45, 2.75) is 38.7 Å². The molecule has 1 aliphatic carbocycles. The SMILES string of the molecule is CC1=CCC(CNc2cc(C3=C(Cl)C=CCN3)cc(C3CCCc4ncccc4O3)c2)C=C1. The van der Waals surface area contributed by atoms with Crippen LogP contribution in [0.2, 0.25) is 0 Å². The quantitative estimate of drug-likeness (QED) is 0.533. The highest BCUT2D eigenvalue weighted by Crippen LogP contribution is 2.35. The van der Waals surface area contributed by atoms with Crippen molar-refractivity contribution in [1.29, 1.82) is 0 Å². The zero-order valence-corrected chi connectivity index (χ0v) is 19.7. The van der Waals surface area contributed by atoms with Gasteiger partial charge < -0.3 is 15.4 Å². The van der Waals surface area contributed by atoms with Gasteiger partial charge in [0.1, 0.15) is 11.9 Å². The Morgan fingerprint density at radius 3 is 3.03 bits per heavy atom. The Morgan fingerprint density at radius 2 is 2.18 bits per heavy atom. The van der Waals surface area contributed by atoms with Crippen molar-refractivity contribution >= 4 is 23.0 Å². The number of rotatable bonds is 5. The Balaban J connectivity index is 1.45. The molecule has 2 N–H and O–H groups in total. The fourth-order valence-corrected chi connectivity index (χ4v) is 4.87. The standard InChI is InChI=1S/C28H30ClN3O/c1-19-9-11-20(12-10-19)18-32-23-16-21(15-22(17-23)28-24(29)5-3-14-31-28)26-7-2-6-25-27(33-26)8-4-13-30-25/h3-5,8-11,13,15-17,20,26,31-32H,2,6-7,12,14,18H2,1H3. The van der Waals surface area contributed by atoms with Crippen LogP contribution in [0.15, 0.2) is 77.5 Å². The number of aryl methyl sites for hydroxylation is 1. The van der Waals surface area contributed by atoms with Gasteiger partial charge in [-0.25, -0.2) is 0 Å². The summed E-state index contributed by atoms with van der Waals surface area (Å²) in [6.45, 7) is 3.82. The van der Waals surface area contributed by atoms with Crippen molar-refractivity contribution in [3.8, 4) is 5.75 Å². The molecule has 0 saturated heterocycles. The van der Waals surface area contributed by atoms with Crippen LogP contribution < -0.4 is 15.4 Å². The third kappa shape index (κ3) is 5.17. The van der Waals surface area contributed by atoms with E-state index in [1.54, 1.807) is 0 Å². The smallest absolute Gasteiger partial charge is 0.141 e. The van der Waals surface area contributed by atoms with Gasteiger partial charge in [0.05, 0.1) is 16.4 Å². The third-order valence-electron chi connectivity index (χ3n) is 6.46. The van der Waals surface area contributed by atoms with Gasteiger partial charge in [0.2, 0.25) is 0 Å². The van der Waals surface area contributed by atoms with Crippen LogP contribution in [0.5, 0.6) is 5.75 Å². The molecule has 0 spiro atoms. The largest absolute Gasteiger partial charge is 0.484 e. The van der Waals surface area contributed by atoms with Gasteiger partial charge >= 0.3 is 0 Å². The first-order chi connectivity index (χ1) is 16.2. The highest BCUT2D eigenvalue weighted by atomic mass is 35.5. The van der Waals surface area contributed by atoms with E-state index in [9.17, 15) is 0 Å². The number of aromatic nitrogens is 1. The number of nitrogens with one attached hydrogen (secondary N) is 2. The van der Waals surface area contributed by atoms with E-state index in [4.69, 9.17) is 16.3 Å². The number of nitrogens with zero attached hydrogens (tertiary/aromatic N) is 1. The zero-order chi connectivity index (χ0) is 22.6. The van der Waals surface area contributed by atoms with E-state index < -0.39 is 0 Å². The summed E-state index contributed by atoms with van der Waals surface area (Å²) in [7, 11) is 0. The molecule has 0 saturated carbocycles. The van der Waals surface area contributed by atoms with Gasteiger partial charge in [0, 0.05) is 30.5 Å². The first-order valence-corrected chi connectivity index (χ1v) is 12.2. The number of benzene rings is 1. The minimum atomic E-state index is -0.0189. The second-order valence-electron chi connectivity index (χ2n) is 8.98. The molecule has 0 bridgehead atoms. The number of anilines is 1. The number of hydrogen-bond acceptors (Lipinski definition) is 4. The fourth-order valence-electron chi connectivity index (χ4n) is 4.61. The number of halogens is 1. The molecule has 33 heavy (non-hydrogen) atoms. The van der Waals surface area contributed by atoms with E-state index in [1.807, 2.05) is 30.5 Å². The van der Waals surface area contributed by atoms with Gasteiger partial charge in [-0.05, 0) is 80.5 Å². The van der Waals surface area contributed by atoms with Crippen LogP contribution in [-0.2, 0) is 6.42 Å². The second kappa shape index (κ2) is 9.88. The van der Waals surface area contributed by atoms with Crippen molar-refractivity contribution < 1.29 is 4.74 Å². The highest BCUT2D eigenvalue weighted by molar-refractivity contribution is 6.34. The number of allylic oxidation sites excluding steroid dienone is 5. The van der Waals surface area contributed by atoms with E-state index in [0.717, 1.165) is 77.8 Å². The molecule has 1 aromatic heterocycles. The van der Waals surface area contributed by atoms with E-state index in [0.29, 0.717) is 5.92 Å². The minimum absolute atomic E-state index is 0.0189. The Bertz CT molecular complexity index is 1150. The minimum Gasteiger partial charge on any atom is -0.484 e. The number of dihydropyridines is 1. The summed E-state index contributed by atoms with van der Waals surface area (Å²) in [5.41, 5.74) is 6.69. The Morgan fingerprint density at radius 1 is 1.24 bits per heavy atom. The summed E-state index contributed by atoms with van der Waals surface area (Å²) < 4.78 is 6.48.